The zero-order valence-corrected chi connectivity index (χ0v) is 11.7. The molecule has 0 unspecified atom stereocenters. The van der Waals surface area contributed by atoms with Crippen LogP contribution in [0.4, 0.5) is 0 Å². The summed E-state index contributed by atoms with van der Waals surface area (Å²) in [7, 11) is 2.93. The molecule has 6 heteroatoms. The van der Waals surface area contributed by atoms with Gasteiger partial charge in [-0.2, -0.15) is 0 Å². The maximum atomic E-state index is 12.0. The third kappa shape index (κ3) is 3.13. The molecule has 0 radical (unpaired) electrons. The number of thiophene rings is 1. The fraction of sp³-hybridized carbons (Fsp3) is 0.538. The molecular weight excluding hydrogens is 268 g/mol. The maximum Gasteiger partial charge on any atom is 0.348 e. The lowest BCUT2D eigenvalue weighted by molar-refractivity contribution is -0.0203. The molecule has 2 rings (SSSR count). The van der Waals surface area contributed by atoms with Gasteiger partial charge in [-0.15, -0.1) is 11.3 Å². The van der Waals surface area contributed by atoms with Gasteiger partial charge in [0.2, 0.25) is 0 Å². The van der Waals surface area contributed by atoms with Crippen LogP contribution in [0.5, 0.6) is 0 Å². The van der Waals surface area contributed by atoms with Gasteiger partial charge in [0.25, 0.3) is 0 Å². The summed E-state index contributed by atoms with van der Waals surface area (Å²) in [5.74, 6) is -0.853. The van der Waals surface area contributed by atoms with Crippen molar-refractivity contribution in [3.05, 3.63) is 21.9 Å². The number of hydrogen-bond donors (Lipinski definition) is 0. The molecule has 0 amide bonds. The highest BCUT2D eigenvalue weighted by molar-refractivity contribution is 7.15. The first-order valence-corrected chi connectivity index (χ1v) is 6.89. The Morgan fingerprint density at radius 3 is 2.37 bits per heavy atom. The van der Waals surface area contributed by atoms with Crippen molar-refractivity contribution < 1.29 is 23.8 Å². The van der Waals surface area contributed by atoms with Gasteiger partial charge in [0.15, 0.2) is 0 Å². The number of rotatable bonds is 4. The Labute approximate surface area is 115 Å². The van der Waals surface area contributed by atoms with Gasteiger partial charge < -0.3 is 14.2 Å². The molecule has 1 aliphatic carbocycles. The van der Waals surface area contributed by atoms with E-state index in [1.165, 1.54) is 7.11 Å². The summed E-state index contributed by atoms with van der Waals surface area (Å²) in [6.45, 7) is 0. The van der Waals surface area contributed by atoms with E-state index in [0.717, 1.165) is 30.6 Å². The lowest BCUT2D eigenvalue weighted by Crippen LogP contribution is -2.27. The average Bonchev–Trinajstić information content (AvgIpc) is 3.06. The van der Waals surface area contributed by atoms with Crippen molar-refractivity contribution in [1.82, 2.24) is 0 Å². The van der Waals surface area contributed by atoms with Crippen molar-refractivity contribution in [2.24, 2.45) is 0 Å². The molecule has 1 aromatic heterocycles. The van der Waals surface area contributed by atoms with Crippen LogP contribution >= 0.6 is 11.3 Å². The van der Waals surface area contributed by atoms with Crippen molar-refractivity contribution in [2.45, 2.75) is 31.5 Å². The van der Waals surface area contributed by atoms with Crippen LogP contribution < -0.4 is 0 Å². The smallest absolute Gasteiger partial charge is 0.348 e. The summed E-state index contributed by atoms with van der Waals surface area (Å²) in [6.07, 6.45) is 2.50. The Hall–Kier alpha value is -1.40. The average molecular weight is 284 g/mol. The van der Waals surface area contributed by atoms with Crippen molar-refractivity contribution in [2.75, 3.05) is 14.2 Å². The Morgan fingerprint density at radius 2 is 1.74 bits per heavy atom. The van der Waals surface area contributed by atoms with E-state index in [2.05, 4.69) is 4.74 Å². The van der Waals surface area contributed by atoms with Crippen LogP contribution in [0.2, 0.25) is 0 Å². The summed E-state index contributed by atoms with van der Waals surface area (Å²) in [5, 5.41) is 0. The van der Waals surface area contributed by atoms with Gasteiger partial charge in [-0.3, -0.25) is 0 Å². The normalized spacial score (nSPS) is 22.2. The third-order valence-corrected chi connectivity index (χ3v) is 4.19. The molecule has 0 spiro atoms. The molecule has 104 valence electrons. The third-order valence-electron chi connectivity index (χ3n) is 3.15. The Balaban J connectivity index is 2.00. The number of carbonyl (C=O) groups is 2. The number of carbonyl (C=O) groups excluding carboxylic acids is 2. The molecular formula is C13H16O5S. The van der Waals surface area contributed by atoms with Crippen LogP contribution in [0.25, 0.3) is 0 Å². The van der Waals surface area contributed by atoms with E-state index in [-0.39, 0.29) is 12.2 Å². The molecule has 0 N–H and O–H groups in total. The van der Waals surface area contributed by atoms with Gasteiger partial charge in [-0.25, -0.2) is 9.59 Å². The summed E-state index contributed by atoms with van der Waals surface area (Å²) in [4.78, 5) is 24.1. The first-order chi connectivity index (χ1) is 9.15. The van der Waals surface area contributed by atoms with E-state index in [0.29, 0.717) is 9.75 Å². The molecule has 5 nitrogen and oxygen atoms in total. The highest BCUT2D eigenvalue weighted by Gasteiger charge is 2.31. The predicted octanol–water partition coefficient (Wildman–Crippen LogP) is 2.26. The van der Waals surface area contributed by atoms with Gasteiger partial charge in [0.1, 0.15) is 15.9 Å². The van der Waals surface area contributed by atoms with Gasteiger partial charge in [0.05, 0.1) is 13.2 Å². The highest BCUT2D eigenvalue weighted by Crippen LogP contribution is 2.26. The quantitative estimate of drug-likeness (QED) is 0.794. The monoisotopic (exact) mass is 284 g/mol. The second-order valence-electron chi connectivity index (χ2n) is 4.30. The zero-order chi connectivity index (χ0) is 13.8. The second-order valence-corrected chi connectivity index (χ2v) is 5.39. The molecule has 0 saturated heterocycles. The zero-order valence-electron chi connectivity index (χ0n) is 10.9. The lowest BCUT2D eigenvalue weighted by Gasteiger charge is -2.18. The summed E-state index contributed by atoms with van der Waals surface area (Å²) >= 11 is 1.08. The summed E-state index contributed by atoms with van der Waals surface area (Å²) in [6, 6.07) is 3.14. The minimum absolute atomic E-state index is 0.0241. The molecule has 1 saturated carbocycles. The molecule has 19 heavy (non-hydrogen) atoms. The van der Waals surface area contributed by atoms with E-state index in [9.17, 15) is 9.59 Å². The van der Waals surface area contributed by atoms with Crippen LogP contribution in [-0.2, 0) is 14.2 Å². The van der Waals surface area contributed by atoms with E-state index >= 15 is 0 Å². The van der Waals surface area contributed by atoms with Crippen LogP contribution in [0.15, 0.2) is 12.1 Å². The first-order valence-electron chi connectivity index (χ1n) is 6.07. The van der Waals surface area contributed by atoms with Gasteiger partial charge in [-0.05, 0) is 31.4 Å². The Morgan fingerprint density at radius 1 is 1.11 bits per heavy atom. The summed E-state index contributed by atoms with van der Waals surface area (Å²) in [5.41, 5.74) is 0. The Bertz CT molecular complexity index is 467. The van der Waals surface area contributed by atoms with E-state index in [1.54, 1.807) is 19.2 Å². The molecule has 1 aliphatic rings. The van der Waals surface area contributed by atoms with Crippen LogP contribution in [0, 0.1) is 0 Å². The van der Waals surface area contributed by atoms with Gasteiger partial charge >= 0.3 is 11.9 Å². The van der Waals surface area contributed by atoms with Crippen LogP contribution in [-0.4, -0.2) is 38.4 Å². The van der Waals surface area contributed by atoms with Crippen molar-refractivity contribution in [3.63, 3.8) is 0 Å². The van der Waals surface area contributed by atoms with Crippen LogP contribution in [0.1, 0.15) is 38.6 Å². The number of ether oxygens (including phenoxy) is 3. The van der Waals surface area contributed by atoms with Gasteiger partial charge in [0, 0.05) is 7.11 Å². The standard InChI is InChI=1S/C13H16O5S/c1-16-8-4-3-5-9(8)18-13(15)11-7-6-10(19-11)12(14)17-2/h6-9H,3-5H2,1-2H3/t8-,9+/m1/s1. The molecule has 2 atom stereocenters. The first kappa shape index (κ1) is 14.0. The fourth-order valence-corrected chi connectivity index (χ4v) is 2.96. The molecule has 1 fully saturated rings. The van der Waals surface area contributed by atoms with E-state index < -0.39 is 11.9 Å². The highest BCUT2D eigenvalue weighted by atomic mass is 32.1. The molecule has 0 aromatic carbocycles. The van der Waals surface area contributed by atoms with Gasteiger partial charge in [-0.1, -0.05) is 0 Å². The minimum atomic E-state index is -0.445. The Kier molecular flexibility index (Phi) is 4.55. The number of hydrogen-bond acceptors (Lipinski definition) is 6. The largest absolute Gasteiger partial charge is 0.465 e. The maximum absolute atomic E-state index is 12.0. The topological polar surface area (TPSA) is 61.8 Å². The van der Waals surface area contributed by atoms with E-state index in [4.69, 9.17) is 9.47 Å². The molecule has 0 bridgehead atoms. The fourth-order valence-electron chi connectivity index (χ4n) is 2.15. The number of esters is 2. The SMILES string of the molecule is COC(=O)c1ccc(C(=O)O[C@H]2CCC[C@H]2OC)s1. The van der Waals surface area contributed by atoms with Crippen molar-refractivity contribution in [3.8, 4) is 0 Å². The van der Waals surface area contributed by atoms with Crippen molar-refractivity contribution >= 4 is 23.3 Å². The predicted molar refractivity (Wildman–Crippen MR) is 69.5 cm³/mol. The summed E-state index contributed by atoms with van der Waals surface area (Å²) < 4.78 is 15.3. The second kappa shape index (κ2) is 6.16. The molecule has 1 heterocycles. The molecule has 1 aromatic rings. The van der Waals surface area contributed by atoms with E-state index in [1.807, 2.05) is 0 Å². The molecule has 0 aliphatic heterocycles. The minimum Gasteiger partial charge on any atom is -0.465 e. The number of methoxy groups -OCH3 is 2. The lowest BCUT2D eigenvalue weighted by atomic mass is 10.2. The van der Waals surface area contributed by atoms with Crippen molar-refractivity contribution in [1.29, 1.82) is 0 Å². The van der Waals surface area contributed by atoms with Crippen LogP contribution in [0.3, 0.4) is 0 Å².